The van der Waals surface area contributed by atoms with E-state index >= 15 is 0 Å². The molecule has 0 aliphatic heterocycles. The molecule has 0 aromatic heterocycles. The maximum atomic E-state index is 10.6. The smallest absolute Gasteiger partial charge is 0.258 e. The van der Waals surface area contributed by atoms with Crippen molar-refractivity contribution in [2.45, 2.75) is 10.7 Å². The summed E-state index contributed by atoms with van der Waals surface area (Å²) in [5.74, 6) is 0. The number of hydrogen-bond donors (Lipinski definition) is 0. The first-order valence-electron chi connectivity index (χ1n) is 3.65. The molecule has 0 aliphatic rings. The topological polar surface area (TPSA) is 43.1 Å². The van der Waals surface area contributed by atoms with Gasteiger partial charge in [0.25, 0.3) is 5.69 Å². The molecule has 0 radical (unpaired) electrons. The van der Waals surface area contributed by atoms with Gasteiger partial charge in [-0.1, -0.05) is 46.9 Å². The Kier molecular flexibility index (Phi) is 3.24. The van der Waals surface area contributed by atoms with Crippen molar-refractivity contribution in [2.24, 2.45) is 0 Å². The molecule has 0 aliphatic carbocycles. The molecule has 3 nitrogen and oxygen atoms in total. The van der Waals surface area contributed by atoms with Gasteiger partial charge in [-0.3, -0.25) is 10.1 Å². The van der Waals surface area contributed by atoms with Gasteiger partial charge < -0.3 is 0 Å². The molecular formula is C8H6Cl3NO2. The van der Waals surface area contributed by atoms with Gasteiger partial charge in [-0.2, -0.15) is 0 Å². The first kappa shape index (κ1) is 11.6. The second kappa shape index (κ2) is 3.93. The predicted octanol–water partition coefficient (Wildman–Crippen LogP) is 3.73. The lowest BCUT2D eigenvalue weighted by Crippen LogP contribution is -2.05. The molecule has 0 spiro atoms. The molecule has 1 aromatic rings. The highest BCUT2D eigenvalue weighted by Crippen LogP contribution is 2.41. The van der Waals surface area contributed by atoms with Crippen molar-refractivity contribution in [3.8, 4) is 0 Å². The van der Waals surface area contributed by atoms with Crippen LogP contribution in [0.3, 0.4) is 0 Å². The summed E-state index contributed by atoms with van der Waals surface area (Å²) in [6.07, 6.45) is 0. The summed E-state index contributed by atoms with van der Waals surface area (Å²) in [4.78, 5) is 10.1. The van der Waals surface area contributed by atoms with E-state index in [1.54, 1.807) is 13.0 Å². The number of nitro groups is 1. The number of nitrogens with zero attached hydrogens (tertiary/aromatic N) is 1. The van der Waals surface area contributed by atoms with Gasteiger partial charge in [-0.15, -0.1) is 0 Å². The SMILES string of the molecule is Cc1c([N+](=O)[O-])cccc1C(Cl)(Cl)Cl. The minimum Gasteiger partial charge on any atom is -0.258 e. The molecule has 0 saturated carbocycles. The van der Waals surface area contributed by atoms with Crippen molar-refractivity contribution >= 4 is 40.5 Å². The van der Waals surface area contributed by atoms with Crippen LogP contribution in [-0.2, 0) is 3.79 Å². The number of alkyl halides is 3. The Morgan fingerprint density at radius 1 is 1.36 bits per heavy atom. The van der Waals surface area contributed by atoms with E-state index in [9.17, 15) is 10.1 Å². The largest absolute Gasteiger partial charge is 0.272 e. The standard InChI is InChI=1S/C8H6Cl3NO2/c1-5-6(8(9,10)11)3-2-4-7(5)12(13)14/h2-4H,1H3. The highest BCUT2D eigenvalue weighted by Gasteiger charge is 2.28. The Hall–Kier alpha value is -0.510. The van der Waals surface area contributed by atoms with Gasteiger partial charge in [0.2, 0.25) is 3.79 Å². The Bertz CT molecular complexity index is 373. The second-order valence-corrected chi connectivity index (χ2v) is 4.99. The third-order valence-electron chi connectivity index (χ3n) is 1.81. The molecule has 0 unspecified atom stereocenters. The van der Waals surface area contributed by atoms with E-state index in [1.807, 2.05) is 0 Å². The van der Waals surface area contributed by atoms with Gasteiger partial charge in [0.05, 0.1) is 4.92 Å². The Balaban J connectivity index is 3.35. The lowest BCUT2D eigenvalue weighted by Gasteiger charge is -2.13. The summed E-state index contributed by atoms with van der Waals surface area (Å²) in [7, 11) is 0. The molecule has 0 heterocycles. The summed E-state index contributed by atoms with van der Waals surface area (Å²) in [5, 5.41) is 10.6. The average molecular weight is 254 g/mol. The second-order valence-electron chi connectivity index (χ2n) is 2.70. The molecule has 0 atom stereocenters. The zero-order valence-corrected chi connectivity index (χ0v) is 9.40. The van der Waals surface area contributed by atoms with E-state index in [0.29, 0.717) is 11.1 Å². The molecule has 0 amide bonds. The van der Waals surface area contributed by atoms with Gasteiger partial charge in [0, 0.05) is 17.2 Å². The quantitative estimate of drug-likeness (QED) is 0.435. The molecule has 0 bridgehead atoms. The highest BCUT2D eigenvalue weighted by molar-refractivity contribution is 6.66. The maximum absolute atomic E-state index is 10.6. The van der Waals surface area contributed by atoms with Gasteiger partial charge in [-0.25, -0.2) is 0 Å². The van der Waals surface area contributed by atoms with Gasteiger partial charge >= 0.3 is 0 Å². The predicted molar refractivity (Wildman–Crippen MR) is 57.1 cm³/mol. The van der Waals surface area contributed by atoms with Gasteiger partial charge in [0.15, 0.2) is 0 Å². The highest BCUT2D eigenvalue weighted by atomic mass is 35.6. The normalized spacial score (nSPS) is 11.4. The van der Waals surface area contributed by atoms with Crippen LogP contribution < -0.4 is 0 Å². The fourth-order valence-corrected chi connectivity index (χ4v) is 1.74. The van der Waals surface area contributed by atoms with E-state index in [1.165, 1.54) is 12.1 Å². The first-order valence-corrected chi connectivity index (χ1v) is 4.78. The van der Waals surface area contributed by atoms with Crippen molar-refractivity contribution in [2.75, 3.05) is 0 Å². The molecular weight excluding hydrogens is 248 g/mol. The van der Waals surface area contributed by atoms with E-state index < -0.39 is 8.72 Å². The zero-order chi connectivity index (χ0) is 10.9. The molecule has 1 rings (SSSR count). The van der Waals surface area contributed by atoms with Crippen LogP contribution >= 0.6 is 34.8 Å². The van der Waals surface area contributed by atoms with Crippen molar-refractivity contribution in [3.05, 3.63) is 39.4 Å². The first-order chi connectivity index (χ1) is 6.34. The molecule has 0 fully saturated rings. The summed E-state index contributed by atoms with van der Waals surface area (Å²) in [6.45, 7) is 1.55. The average Bonchev–Trinajstić information content (AvgIpc) is 2.01. The molecule has 76 valence electrons. The third-order valence-corrected chi connectivity index (χ3v) is 2.42. The Labute approximate surface area is 95.7 Å². The zero-order valence-electron chi connectivity index (χ0n) is 7.13. The molecule has 14 heavy (non-hydrogen) atoms. The number of benzene rings is 1. The van der Waals surface area contributed by atoms with E-state index in [4.69, 9.17) is 34.8 Å². The molecule has 0 saturated heterocycles. The fraction of sp³-hybridized carbons (Fsp3) is 0.250. The van der Waals surface area contributed by atoms with Crippen LogP contribution in [0.1, 0.15) is 11.1 Å². The third kappa shape index (κ3) is 2.29. The van der Waals surface area contributed by atoms with Crippen LogP contribution in [0.5, 0.6) is 0 Å². The van der Waals surface area contributed by atoms with Gasteiger partial charge in [0.1, 0.15) is 0 Å². The van der Waals surface area contributed by atoms with Crippen LogP contribution in [0.2, 0.25) is 0 Å². The summed E-state index contributed by atoms with van der Waals surface area (Å²) >= 11 is 16.9. The van der Waals surface area contributed by atoms with E-state index in [-0.39, 0.29) is 5.69 Å². The molecule has 1 aromatic carbocycles. The van der Waals surface area contributed by atoms with Crippen LogP contribution in [0, 0.1) is 17.0 Å². The maximum Gasteiger partial charge on any atom is 0.272 e. The van der Waals surface area contributed by atoms with Crippen molar-refractivity contribution in [1.29, 1.82) is 0 Å². The number of hydrogen-bond acceptors (Lipinski definition) is 2. The van der Waals surface area contributed by atoms with E-state index in [2.05, 4.69) is 0 Å². The monoisotopic (exact) mass is 253 g/mol. The summed E-state index contributed by atoms with van der Waals surface area (Å²) < 4.78 is -1.63. The van der Waals surface area contributed by atoms with Crippen LogP contribution in [0.25, 0.3) is 0 Å². The minimum atomic E-state index is -1.63. The molecule has 6 heteroatoms. The van der Waals surface area contributed by atoms with Crippen LogP contribution in [0.15, 0.2) is 18.2 Å². The summed E-state index contributed by atoms with van der Waals surface area (Å²) in [5.41, 5.74) is 0.656. The van der Waals surface area contributed by atoms with E-state index in [0.717, 1.165) is 0 Å². The number of halogens is 3. The lowest BCUT2D eigenvalue weighted by atomic mass is 10.1. The fourth-order valence-electron chi connectivity index (χ4n) is 1.13. The summed E-state index contributed by atoms with van der Waals surface area (Å²) in [6, 6.07) is 4.41. The Morgan fingerprint density at radius 3 is 2.36 bits per heavy atom. The van der Waals surface area contributed by atoms with Crippen molar-refractivity contribution in [1.82, 2.24) is 0 Å². The van der Waals surface area contributed by atoms with Crippen LogP contribution in [-0.4, -0.2) is 4.92 Å². The Morgan fingerprint density at radius 2 is 1.93 bits per heavy atom. The number of rotatable bonds is 1. The van der Waals surface area contributed by atoms with Crippen LogP contribution in [0.4, 0.5) is 5.69 Å². The number of nitro benzene ring substituents is 1. The van der Waals surface area contributed by atoms with Crippen molar-refractivity contribution in [3.63, 3.8) is 0 Å². The minimum absolute atomic E-state index is 0.0474. The molecule has 0 N–H and O–H groups in total. The lowest BCUT2D eigenvalue weighted by molar-refractivity contribution is -0.385. The van der Waals surface area contributed by atoms with Crippen molar-refractivity contribution < 1.29 is 4.92 Å². The van der Waals surface area contributed by atoms with Gasteiger partial charge in [-0.05, 0) is 6.92 Å².